The largest absolute Gasteiger partial charge is 0.381 e. The molecular weight excluding hydrogens is 153 g/mol. The molecule has 0 aliphatic heterocycles. The molecule has 0 aromatic heterocycles. The van der Waals surface area contributed by atoms with E-state index in [4.69, 9.17) is 0 Å². The molecular formula is C10H12FN. The highest BCUT2D eigenvalue weighted by molar-refractivity contribution is 5.43. The van der Waals surface area contributed by atoms with Crippen molar-refractivity contribution in [2.45, 2.75) is 6.92 Å². The van der Waals surface area contributed by atoms with Crippen LogP contribution in [0.5, 0.6) is 0 Å². The van der Waals surface area contributed by atoms with Gasteiger partial charge in [-0.1, -0.05) is 12.2 Å². The van der Waals surface area contributed by atoms with Crippen molar-refractivity contribution in [2.75, 3.05) is 11.9 Å². The quantitative estimate of drug-likeness (QED) is 0.679. The molecule has 0 fully saturated rings. The van der Waals surface area contributed by atoms with Gasteiger partial charge in [-0.3, -0.25) is 0 Å². The van der Waals surface area contributed by atoms with Crippen molar-refractivity contribution in [3.8, 4) is 0 Å². The molecule has 12 heavy (non-hydrogen) atoms. The number of anilines is 1. The fraction of sp³-hybridized carbons (Fsp3) is 0.200. The lowest BCUT2D eigenvalue weighted by molar-refractivity contribution is 0.628. The van der Waals surface area contributed by atoms with Crippen molar-refractivity contribution in [3.05, 3.63) is 42.2 Å². The summed E-state index contributed by atoms with van der Waals surface area (Å²) in [5, 5.41) is 3.11. The zero-order valence-corrected chi connectivity index (χ0v) is 7.10. The Balaban J connectivity index is 2.53. The summed E-state index contributed by atoms with van der Waals surface area (Å²) in [6, 6.07) is 6.28. The fourth-order valence-corrected chi connectivity index (χ4v) is 0.821. The van der Waals surface area contributed by atoms with Crippen LogP contribution in [0, 0.1) is 5.82 Å². The van der Waals surface area contributed by atoms with Gasteiger partial charge < -0.3 is 5.32 Å². The van der Waals surface area contributed by atoms with Gasteiger partial charge in [0.25, 0.3) is 0 Å². The monoisotopic (exact) mass is 165 g/mol. The topological polar surface area (TPSA) is 12.0 Å². The van der Waals surface area contributed by atoms with E-state index in [1.807, 2.05) is 6.92 Å². The first-order valence-electron chi connectivity index (χ1n) is 3.82. The van der Waals surface area contributed by atoms with Crippen LogP contribution in [0.3, 0.4) is 0 Å². The average Bonchev–Trinajstić information content (AvgIpc) is 2.03. The lowest BCUT2D eigenvalue weighted by Gasteiger charge is -2.04. The maximum atomic E-state index is 12.4. The standard InChI is InChI=1S/C10H12FN/c1-8(2)7-12-10-5-3-9(11)4-6-10/h3-6,12H,1,7H2,2H3. The van der Waals surface area contributed by atoms with Crippen molar-refractivity contribution in [1.82, 2.24) is 0 Å². The second-order valence-electron chi connectivity index (χ2n) is 2.82. The Morgan fingerprint density at radius 1 is 1.42 bits per heavy atom. The summed E-state index contributed by atoms with van der Waals surface area (Å²) in [4.78, 5) is 0. The van der Waals surface area contributed by atoms with Gasteiger partial charge in [0, 0.05) is 12.2 Å². The number of rotatable bonds is 3. The molecule has 64 valence electrons. The Morgan fingerprint density at radius 3 is 2.50 bits per heavy atom. The molecule has 0 saturated heterocycles. The second kappa shape index (κ2) is 3.90. The third-order valence-corrected chi connectivity index (χ3v) is 1.44. The molecule has 1 aromatic rings. The summed E-state index contributed by atoms with van der Waals surface area (Å²) >= 11 is 0. The minimum Gasteiger partial charge on any atom is -0.381 e. The Bertz CT molecular complexity index is 264. The molecule has 0 saturated carbocycles. The van der Waals surface area contributed by atoms with Crippen molar-refractivity contribution < 1.29 is 4.39 Å². The van der Waals surface area contributed by atoms with Crippen LogP contribution in [-0.2, 0) is 0 Å². The minimum absolute atomic E-state index is 0.212. The maximum Gasteiger partial charge on any atom is 0.123 e. The zero-order chi connectivity index (χ0) is 8.97. The highest BCUT2D eigenvalue weighted by atomic mass is 19.1. The van der Waals surface area contributed by atoms with Crippen LogP contribution in [0.1, 0.15) is 6.92 Å². The van der Waals surface area contributed by atoms with Crippen LogP contribution in [-0.4, -0.2) is 6.54 Å². The molecule has 0 heterocycles. The number of benzene rings is 1. The van der Waals surface area contributed by atoms with Crippen LogP contribution < -0.4 is 5.32 Å². The van der Waals surface area contributed by atoms with E-state index in [1.165, 1.54) is 12.1 Å². The first-order valence-corrected chi connectivity index (χ1v) is 3.82. The SMILES string of the molecule is C=C(C)CNc1ccc(F)cc1. The van der Waals surface area contributed by atoms with Gasteiger partial charge in [-0.25, -0.2) is 4.39 Å². The van der Waals surface area contributed by atoms with Gasteiger partial charge in [-0.05, 0) is 31.2 Å². The molecule has 0 amide bonds. The summed E-state index contributed by atoms with van der Waals surface area (Å²) in [7, 11) is 0. The molecule has 0 spiro atoms. The number of hydrogen-bond donors (Lipinski definition) is 1. The van der Waals surface area contributed by atoms with Crippen molar-refractivity contribution in [2.24, 2.45) is 0 Å². The fourth-order valence-electron chi connectivity index (χ4n) is 0.821. The summed E-state index contributed by atoms with van der Waals surface area (Å²) in [6.45, 7) is 6.42. The highest BCUT2D eigenvalue weighted by Gasteiger charge is 1.91. The smallest absolute Gasteiger partial charge is 0.123 e. The third-order valence-electron chi connectivity index (χ3n) is 1.44. The van der Waals surface area contributed by atoms with Gasteiger partial charge in [-0.2, -0.15) is 0 Å². The van der Waals surface area contributed by atoms with Gasteiger partial charge in [0.15, 0.2) is 0 Å². The third kappa shape index (κ3) is 2.74. The summed E-state index contributed by atoms with van der Waals surface area (Å²) in [5.41, 5.74) is 1.97. The molecule has 0 bridgehead atoms. The number of hydrogen-bond acceptors (Lipinski definition) is 1. The van der Waals surface area contributed by atoms with Gasteiger partial charge in [-0.15, -0.1) is 0 Å². The van der Waals surface area contributed by atoms with Crippen LogP contribution in [0.2, 0.25) is 0 Å². The highest BCUT2D eigenvalue weighted by Crippen LogP contribution is 2.08. The van der Waals surface area contributed by atoms with E-state index < -0.39 is 0 Å². The van der Waals surface area contributed by atoms with E-state index in [1.54, 1.807) is 12.1 Å². The van der Waals surface area contributed by atoms with E-state index in [2.05, 4.69) is 11.9 Å². The van der Waals surface area contributed by atoms with Gasteiger partial charge >= 0.3 is 0 Å². The molecule has 0 unspecified atom stereocenters. The number of nitrogens with one attached hydrogen (secondary N) is 1. The normalized spacial score (nSPS) is 9.50. The number of halogens is 1. The van der Waals surface area contributed by atoms with Crippen molar-refractivity contribution in [3.63, 3.8) is 0 Å². The predicted molar refractivity (Wildman–Crippen MR) is 49.7 cm³/mol. The molecule has 1 rings (SSSR count). The Morgan fingerprint density at radius 2 is 2.00 bits per heavy atom. The van der Waals surface area contributed by atoms with E-state index in [0.29, 0.717) is 0 Å². The van der Waals surface area contributed by atoms with Gasteiger partial charge in [0.2, 0.25) is 0 Å². The summed E-state index contributed by atoms with van der Waals surface area (Å²) in [5.74, 6) is -0.212. The Hall–Kier alpha value is -1.31. The molecule has 0 radical (unpaired) electrons. The minimum atomic E-state index is -0.212. The van der Waals surface area contributed by atoms with E-state index in [-0.39, 0.29) is 5.82 Å². The van der Waals surface area contributed by atoms with E-state index >= 15 is 0 Å². The molecule has 0 aliphatic carbocycles. The first-order chi connectivity index (χ1) is 5.68. The van der Waals surface area contributed by atoms with E-state index in [9.17, 15) is 4.39 Å². The van der Waals surface area contributed by atoms with Crippen LogP contribution in [0.4, 0.5) is 10.1 Å². The molecule has 1 nitrogen and oxygen atoms in total. The first kappa shape index (κ1) is 8.78. The van der Waals surface area contributed by atoms with Crippen LogP contribution in [0.25, 0.3) is 0 Å². The van der Waals surface area contributed by atoms with E-state index in [0.717, 1.165) is 17.8 Å². The molecule has 1 N–H and O–H groups in total. The van der Waals surface area contributed by atoms with Crippen molar-refractivity contribution >= 4 is 5.69 Å². The predicted octanol–water partition coefficient (Wildman–Crippen LogP) is 2.81. The van der Waals surface area contributed by atoms with Crippen LogP contribution in [0.15, 0.2) is 36.4 Å². The summed E-state index contributed by atoms with van der Waals surface area (Å²) in [6.07, 6.45) is 0. The van der Waals surface area contributed by atoms with Crippen molar-refractivity contribution in [1.29, 1.82) is 0 Å². The molecule has 0 atom stereocenters. The lowest BCUT2D eigenvalue weighted by atomic mass is 10.3. The maximum absolute atomic E-state index is 12.4. The second-order valence-corrected chi connectivity index (χ2v) is 2.82. The van der Waals surface area contributed by atoms with Gasteiger partial charge in [0.05, 0.1) is 0 Å². The lowest BCUT2D eigenvalue weighted by Crippen LogP contribution is -2.01. The average molecular weight is 165 g/mol. The van der Waals surface area contributed by atoms with Crippen LogP contribution >= 0.6 is 0 Å². The molecule has 1 aromatic carbocycles. The molecule has 0 aliphatic rings. The zero-order valence-electron chi connectivity index (χ0n) is 7.10. The molecule has 2 heteroatoms. The Kier molecular flexibility index (Phi) is 2.86. The summed E-state index contributed by atoms with van der Waals surface area (Å²) < 4.78 is 12.4. The van der Waals surface area contributed by atoms with Gasteiger partial charge in [0.1, 0.15) is 5.82 Å². The Labute approximate surface area is 71.9 Å².